The van der Waals surface area contributed by atoms with Gasteiger partial charge < -0.3 is 9.30 Å². The molecule has 0 radical (unpaired) electrons. The first kappa shape index (κ1) is 11.0. The monoisotopic (exact) mass is 237 g/mol. The molecule has 2 rings (SSSR count). The van der Waals surface area contributed by atoms with E-state index >= 15 is 0 Å². The van der Waals surface area contributed by atoms with E-state index in [4.69, 9.17) is 16.3 Å². The van der Waals surface area contributed by atoms with Crippen LogP contribution in [0, 0.1) is 0 Å². The Kier molecular flexibility index (Phi) is 2.88. The number of methoxy groups -OCH3 is 1. The number of carbonyl (C=O) groups is 1. The van der Waals surface area contributed by atoms with Gasteiger partial charge in [0.2, 0.25) is 0 Å². The summed E-state index contributed by atoms with van der Waals surface area (Å²) in [6, 6.07) is 7.22. The van der Waals surface area contributed by atoms with E-state index in [1.807, 2.05) is 35.0 Å². The van der Waals surface area contributed by atoms with Crippen molar-refractivity contribution < 1.29 is 9.53 Å². The number of hydrogen-bond donors (Lipinski definition) is 0. The Balaban J connectivity index is 2.57. The molecule has 84 valence electrons. The van der Waals surface area contributed by atoms with Crippen LogP contribution in [0.3, 0.4) is 0 Å². The number of rotatable bonds is 2. The zero-order chi connectivity index (χ0) is 11.7. The number of carbonyl (C=O) groups excluding carboxylic acids is 1. The third-order valence-electron chi connectivity index (χ3n) is 2.65. The maximum atomic E-state index is 11.5. The van der Waals surface area contributed by atoms with Crippen LogP contribution in [0.1, 0.15) is 13.0 Å². The van der Waals surface area contributed by atoms with E-state index in [2.05, 4.69) is 0 Å². The summed E-state index contributed by atoms with van der Waals surface area (Å²) in [5.74, 6) is -0.280. The number of benzene rings is 1. The highest BCUT2D eigenvalue weighted by molar-refractivity contribution is 6.35. The second kappa shape index (κ2) is 4.18. The molecule has 1 aromatic carbocycles. The molecule has 0 spiro atoms. The van der Waals surface area contributed by atoms with Crippen LogP contribution in [-0.4, -0.2) is 17.6 Å². The van der Waals surface area contributed by atoms with Gasteiger partial charge in [0.25, 0.3) is 0 Å². The number of esters is 1. The number of para-hydroxylation sites is 1. The van der Waals surface area contributed by atoms with Gasteiger partial charge in [0.1, 0.15) is 6.04 Å². The second-order valence-corrected chi connectivity index (χ2v) is 4.01. The SMILES string of the molecule is COC(=O)[C@H](C)n1ccc2cccc(Cl)c21. The molecule has 4 heteroatoms. The lowest BCUT2D eigenvalue weighted by Crippen LogP contribution is -2.16. The Morgan fingerprint density at radius 3 is 2.88 bits per heavy atom. The van der Waals surface area contributed by atoms with Gasteiger partial charge in [0.05, 0.1) is 17.6 Å². The van der Waals surface area contributed by atoms with Gasteiger partial charge in [-0.05, 0) is 19.1 Å². The van der Waals surface area contributed by atoms with Crippen molar-refractivity contribution in [3.8, 4) is 0 Å². The molecule has 0 fully saturated rings. The van der Waals surface area contributed by atoms with Gasteiger partial charge in [-0.15, -0.1) is 0 Å². The van der Waals surface area contributed by atoms with Gasteiger partial charge in [-0.25, -0.2) is 4.79 Å². The summed E-state index contributed by atoms with van der Waals surface area (Å²) in [7, 11) is 1.38. The zero-order valence-electron chi connectivity index (χ0n) is 9.11. The summed E-state index contributed by atoms with van der Waals surface area (Å²) in [4.78, 5) is 11.5. The van der Waals surface area contributed by atoms with E-state index in [0.29, 0.717) is 5.02 Å². The minimum atomic E-state index is -0.373. The lowest BCUT2D eigenvalue weighted by molar-refractivity contribution is -0.143. The third kappa shape index (κ3) is 1.67. The molecule has 0 aliphatic carbocycles. The number of hydrogen-bond acceptors (Lipinski definition) is 2. The van der Waals surface area contributed by atoms with E-state index in [1.54, 1.807) is 6.92 Å². The van der Waals surface area contributed by atoms with Crippen molar-refractivity contribution in [3.63, 3.8) is 0 Å². The highest BCUT2D eigenvalue weighted by Crippen LogP contribution is 2.27. The normalized spacial score (nSPS) is 12.7. The van der Waals surface area contributed by atoms with Crippen LogP contribution < -0.4 is 0 Å². The smallest absolute Gasteiger partial charge is 0.328 e. The third-order valence-corrected chi connectivity index (χ3v) is 2.96. The largest absolute Gasteiger partial charge is 0.467 e. The molecular weight excluding hydrogens is 226 g/mol. The summed E-state index contributed by atoms with van der Waals surface area (Å²) in [6.45, 7) is 1.79. The molecule has 1 aromatic heterocycles. The van der Waals surface area contributed by atoms with E-state index < -0.39 is 0 Å². The van der Waals surface area contributed by atoms with Crippen LogP contribution in [-0.2, 0) is 9.53 Å². The molecule has 0 N–H and O–H groups in total. The molecule has 0 aliphatic rings. The van der Waals surface area contributed by atoms with E-state index in [0.717, 1.165) is 10.9 Å². The number of nitrogens with zero attached hydrogens (tertiary/aromatic N) is 1. The molecule has 2 aromatic rings. The first-order valence-corrected chi connectivity index (χ1v) is 5.36. The number of aromatic nitrogens is 1. The molecule has 0 saturated heterocycles. The lowest BCUT2D eigenvalue weighted by Gasteiger charge is -2.13. The van der Waals surface area contributed by atoms with Crippen LogP contribution in [0.5, 0.6) is 0 Å². The molecule has 0 aliphatic heterocycles. The summed E-state index contributed by atoms with van der Waals surface area (Å²) >= 11 is 6.12. The average Bonchev–Trinajstić information content (AvgIpc) is 2.72. The van der Waals surface area contributed by atoms with Crippen molar-refractivity contribution in [2.45, 2.75) is 13.0 Å². The fourth-order valence-electron chi connectivity index (χ4n) is 1.78. The summed E-state index contributed by atoms with van der Waals surface area (Å²) < 4.78 is 6.54. The van der Waals surface area contributed by atoms with Crippen LogP contribution in [0.2, 0.25) is 5.02 Å². The molecule has 0 amide bonds. The predicted molar refractivity (Wildman–Crippen MR) is 63.7 cm³/mol. The molecular formula is C12H12ClNO2. The van der Waals surface area contributed by atoms with Gasteiger partial charge in [0, 0.05) is 11.6 Å². The first-order valence-electron chi connectivity index (χ1n) is 4.98. The maximum absolute atomic E-state index is 11.5. The second-order valence-electron chi connectivity index (χ2n) is 3.60. The zero-order valence-corrected chi connectivity index (χ0v) is 9.86. The Labute approximate surface area is 98.6 Å². The predicted octanol–water partition coefficient (Wildman–Crippen LogP) is 3.03. The van der Waals surface area contributed by atoms with Crippen molar-refractivity contribution >= 4 is 28.5 Å². The Morgan fingerprint density at radius 2 is 2.19 bits per heavy atom. The summed E-state index contributed by atoms with van der Waals surface area (Å²) in [6.07, 6.45) is 1.85. The first-order chi connectivity index (χ1) is 7.65. The maximum Gasteiger partial charge on any atom is 0.328 e. The molecule has 3 nitrogen and oxygen atoms in total. The van der Waals surface area contributed by atoms with Crippen molar-refractivity contribution in [2.75, 3.05) is 7.11 Å². The van der Waals surface area contributed by atoms with E-state index in [9.17, 15) is 4.79 Å². The average molecular weight is 238 g/mol. The standard InChI is InChI=1S/C12H12ClNO2/c1-8(12(15)16-2)14-7-6-9-4-3-5-10(13)11(9)14/h3-8H,1-2H3/t8-/m0/s1. The highest BCUT2D eigenvalue weighted by atomic mass is 35.5. The Hall–Kier alpha value is -1.48. The van der Waals surface area contributed by atoms with Crippen molar-refractivity contribution in [2.24, 2.45) is 0 Å². The van der Waals surface area contributed by atoms with Gasteiger partial charge in [0.15, 0.2) is 0 Å². The fraction of sp³-hybridized carbons (Fsp3) is 0.250. The van der Waals surface area contributed by atoms with Crippen molar-refractivity contribution in [3.05, 3.63) is 35.5 Å². The highest BCUT2D eigenvalue weighted by Gasteiger charge is 2.17. The topological polar surface area (TPSA) is 31.2 Å². The molecule has 1 heterocycles. The molecule has 0 saturated carbocycles. The molecule has 16 heavy (non-hydrogen) atoms. The minimum Gasteiger partial charge on any atom is -0.467 e. The molecule has 1 atom stereocenters. The summed E-state index contributed by atoms with van der Waals surface area (Å²) in [5, 5.41) is 1.65. The van der Waals surface area contributed by atoms with Gasteiger partial charge in [-0.2, -0.15) is 0 Å². The van der Waals surface area contributed by atoms with Crippen LogP contribution >= 0.6 is 11.6 Å². The van der Waals surface area contributed by atoms with Gasteiger partial charge in [-0.3, -0.25) is 0 Å². The van der Waals surface area contributed by atoms with Gasteiger partial charge >= 0.3 is 5.97 Å². The molecule has 0 bridgehead atoms. The Bertz CT molecular complexity index is 533. The lowest BCUT2D eigenvalue weighted by atomic mass is 10.2. The van der Waals surface area contributed by atoms with Crippen molar-refractivity contribution in [1.82, 2.24) is 4.57 Å². The Morgan fingerprint density at radius 1 is 1.44 bits per heavy atom. The van der Waals surface area contributed by atoms with Crippen molar-refractivity contribution in [1.29, 1.82) is 0 Å². The number of ether oxygens (including phenoxy) is 1. The van der Waals surface area contributed by atoms with Crippen LogP contribution in [0.4, 0.5) is 0 Å². The number of fused-ring (bicyclic) bond motifs is 1. The fourth-order valence-corrected chi connectivity index (χ4v) is 2.06. The van der Waals surface area contributed by atoms with Gasteiger partial charge in [-0.1, -0.05) is 23.7 Å². The van der Waals surface area contributed by atoms with Crippen LogP contribution in [0.25, 0.3) is 10.9 Å². The minimum absolute atomic E-state index is 0.280. The van der Waals surface area contributed by atoms with E-state index in [1.165, 1.54) is 7.11 Å². The summed E-state index contributed by atoms with van der Waals surface area (Å²) in [5.41, 5.74) is 0.863. The molecule has 0 unspecified atom stereocenters. The van der Waals surface area contributed by atoms with E-state index in [-0.39, 0.29) is 12.0 Å². The van der Waals surface area contributed by atoms with Crippen LogP contribution in [0.15, 0.2) is 30.5 Å². The quantitative estimate of drug-likeness (QED) is 0.752. The number of halogens is 1.